The Morgan fingerprint density at radius 3 is 2.76 bits per heavy atom. The lowest BCUT2D eigenvalue weighted by atomic mass is 10.1. The highest BCUT2D eigenvalue weighted by atomic mass is 16.6. The van der Waals surface area contributed by atoms with E-state index in [0.717, 1.165) is 44.4 Å². The Hall–Kier alpha value is -2.18. The predicted molar refractivity (Wildman–Crippen MR) is 76.7 cm³/mol. The fourth-order valence-electron chi connectivity index (χ4n) is 1.90. The maximum atomic E-state index is 11.1. The van der Waals surface area contributed by atoms with Gasteiger partial charge in [-0.25, -0.2) is 9.78 Å². The van der Waals surface area contributed by atoms with Gasteiger partial charge in [-0.15, -0.1) is 0 Å². The first-order valence-electron chi connectivity index (χ1n) is 7.00. The van der Waals surface area contributed by atoms with Crippen LogP contribution in [0, 0.1) is 10.1 Å². The van der Waals surface area contributed by atoms with Gasteiger partial charge in [-0.05, 0) is 19.8 Å². The van der Waals surface area contributed by atoms with Gasteiger partial charge in [0.2, 0.25) is 5.88 Å². The largest absolute Gasteiger partial charge is 0.477 e. The van der Waals surface area contributed by atoms with Gasteiger partial charge in [0.25, 0.3) is 5.69 Å². The molecular weight excluding hydrogens is 276 g/mol. The fraction of sp³-hybridized carbons (Fsp3) is 0.571. The lowest BCUT2D eigenvalue weighted by Crippen LogP contribution is -2.15. The monoisotopic (exact) mass is 296 g/mol. The number of carboxylic acid groups (broad SMARTS) is 1. The summed E-state index contributed by atoms with van der Waals surface area (Å²) in [7, 11) is 0. The van der Waals surface area contributed by atoms with Crippen LogP contribution in [-0.2, 0) is 0 Å². The van der Waals surface area contributed by atoms with Gasteiger partial charge in [-0.2, -0.15) is 0 Å². The predicted octanol–water partition coefficient (Wildman–Crippen LogP) is 3.43. The Morgan fingerprint density at radius 1 is 1.48 bits per heavy atom. The summed E-state index contributed by atoms with van der Waals surface area (Å²) in [6, 6.07) is 0.967. The molecule has 1 aromatic heterocycles. The van der Waals surface area contributed by atoms with Crippen molar-refractivity contribution in [3.63, 3.8) is 0 Å². The van der Waals surface area contributed by atoms with Crippen molar-refractivity contribution in [2.75, 3.05) is 0 Å². The van der Waals surface area contributed by atoms with E-state index < -0.39 is 10.9 Å². The molecule has 0 saturated carbocycles. The quantitative estimate of drug-likeness (QED) is 0.425. The number of rotatable bonds is 9. The molecular formula is C14H20N2O5. The van der Waals surface area contributed by atoms with E-state index in [4.69, 9.17) is 9.84 Å². The van der Waals surface area contributed by atoms with Crippen molar-refractivity contribution in [3.05, 3.63) is 27.9 Å². The molecule has 0 spiro atoms. The van der Waals surface area contributed by atoms with Crippen LogP contribution in [0.5, 0.6) is 5.88 Å². The van der Waals surface area contributed by atoms with Crippen LogP contribution in [0.1, 0.15) is 56.3 Å². The molecule has 7 nitrogen and oxygen atoms in total. The van der Waals surface area contributed by atoms with E-state index in [-0.39, 0.29) is 23.2 Å². The smallest absolute Gasteiger partial charge is 0.341 e. The summed E-state index contributed by atoms with van der Waals surface area (Å²) in [5.41, 5.74) is -0.653. The lowest BCUT2D eigenvalue weighted by Gasteiger charge is -2.15. The zero-order valence-corrected chi connectivity index (χ0v) is 12.2. The van der Waals surface area contributed by atoms with Gasteiger partial charge in [0.15, 0.2) is 0 Å². The second-order valence-electron chi connectivity index (χ2n) is 4.89. The van der Waals surface area contributed by atoms with E-state index in [2.05, 4.69) is 11.9 Å². The summed E-state index contributed by atoms with van der Waals surface area (Å²) >= 11 is 0. The second kappa shape index (κ2) is 8.18. The molecule has 1 heterocycles. The van der Waals surface area contributed by atoms with Crippen LogP contribution in [0.15, 0.2) is 12.3 Å². The van der Waals surface area contributed by atoms with Gasteiger partial charge < -0.3 is 9.84 Å². The summed E-state index contributed by atoms with van der Waals surface area (Å²) in [4.78, 5) is 24.9. The second-order valence-corrected chi connectivity index (χ2v) is 4.89. The first-order chi connectivity index (χ1) is 9.95. The molecule has 0 amide bonds. The Kier molecular flexibility index (Phi) is 6.58. The van der Waals surface area contributed by atoms with E-state index >= 15 is 0 Å². The maximum absolute atomic E-state index is 11.1. The number of aromatic nitrogens is 1. The standard InChI is InChI=1S/C14H20N2O5/c1-3-4-5-6-7-10(2)21-13-12(14(17)18)8-11(9-15-13)16(19)20/h8-10H,3-7H2,1-2H3,(H,17,18). The Balaban J connectivity index is 2.73. The molecule has 1 rings (SSSR count). The summed E-state index contributed by atoms with van der Waals surface area (Å²) in [5.74, 6) is -1.37. The van der Waals surface area contributed by atoms with Gasteiger partial charge in [-0.3, -0.25) is 10.1 Å². The fourth-order valence-corrected chi connectivity index (χ4v) is 1.90. The number of ether oxygens (including phenoxy) is 1. The van der Waals surface area contributed by atoms with Crippen molar-refractivity contribution >= 4 is 11.7 Å². The highest BCUT2D eigenvalue weighted by Gasteiger charge is 2.20. The number of aromatic carboxylic acids is 1. The highest BCUT2D eigenvalue weighted by molar-refractivity contribution is 5.90. The minimum Gasteiger partial charge on any atom is -0.477 e. The molecule has 0 saturated heterocycles. The molecule has 7 heteroatoms. The number of hydrogen-bond donors (Lipinski definition) is 1. The third-order valence-electron chi connectivity index (χ3n) is 3.05. The summed E-state index contributed by atoms with van der Waals surface area (Å²) in [6.45, 7) is 3.96. The molecule has 1 aromatic rings. The van der Waals surface area contributed by atoms with Gasteiger partial charge in [0, 0.05) is 6.07 Å². The summed E-state index contributed by atoms with van der Waals surface area (Å²) in [6.07, 6.45) is 6.00. The van der Waals surface area contributed by atoms with E-state index in [1.165, 1.54) is 0 Å². The molecule has 0 fully saturated rings. The van der Waals surface area contributed by atoms with Crippen LogP contribution in [0.25, 0.3) is 0 Å². The van der Waals surface area contributed by atoms with E-state index in [1.807, 2.05) is 6.92 Å². The van der Waals surface area contributed by atoms with Crippen molar-refractivity contribution in [2.24, 2.45) is 0 Å². The number of pyridine rings is 1. The lowest BCUT2D eigenvalue weighted by molar-refractivity contribution is -0.385. The number of carboxylic acids is 1. The molecule has 1 N–H and O–H groups in total. The topological polar surface area (TPSA) is 103 Å². The third-order valence-corrected chi connectivity index (χ3v) is 3.05. The van der Waals surface area contributed by atoms with Crippen LogP contribution in [0.3, 0.4) is 0 Å². The van der Waals surface area contributed by atoms with Crippen LogP contribution in [-0.4, -0.2) is 27.1 Å². The Morgan fingerprint density at radius 2 is 2.19 bits per heavy atom. The number of carbonyl (C=O) groups is 1. The van der Waals surface area contributed by atoms with Gasteiger partial charge >= 0.3 is 5.97 Å². The number of unbranched alkanes of at least 4 members (excludes halogenated alkanes) is 3. The van der Waals surface area contributed by atoms with Gasteiger partial charge in [0.1, 0.15) is 11.8 Å². The van der Waals surface area contributed by atoms with E-state index in [9.17, 15) is 14.9 Å². The van der Waals surface area contributed by atoms with E-state index in [1.54, 1.807) is 0 Å². The van der Waals surface area contributed by atoms with Crippen LogP contribution < -0.4 is 4.74 Å². The Labute approximate surface area is 123 Å². The Bertz CT molecular complexity index is 504. The average molecular weight is 296 g/mol. The van der Waals surface area contributed by atoms with Crippen molar-refractivity contribution in [2.45, 2.75) is 52.1 Å². The first kappa shape index (κ1) is 16.9. The average Bonchev–Trinajstić information content (AvgIpc) is 2.43. The molecule has 0 aliphatic heterocycles. The van der Waals surface area contributed by atoms with E-state index in [0.29, 0.717) is 0 Å². The van der Waals surface area contributed by atoms with Gasteiger partial charge in [-0.1, -0.05) is 26.2 Å². The number of hydrogen-bond acceptors (Lipinski definition) is 5. The first-order valence-corrected chi connectivity index (χ1v) is 7.00. The molecule has 0 radical (unpaired) electrons. The SMILES string of the molecule is CCCCCCC(C)Oc1ncc([N+](=O)[O-])cc1C(=O)O. The minimum atomic E-state index is -1.29. The third kappa shape index (κ3) is 5.37. The molecule has 116 valence electrons. The highest BCUT2D eigenvalue weighted by Crippen LogP contribution is 2.23. The normalized spacial score (nSPS) is 11.9. The summed E-state index contributed by atoms with van der Waals surface area (Å²) < 4.78 is 5.51. The van der Waals surface area contributed by atoms with Crippen molar-refractivity contribution in [1.29, 1.82) is 0 Å². The van der Waals surface area contributed by atoms with Gasteiger partial charge in [0.05, 0.1) is 11.0 Å². The zero-order chi connectivity index (χ0) is 15.8. The molecule has 0 bridgehead atoms. The summed E-state index contributed by atoms with van der Waals surface area (Å²) in [5, 5.41) is 19.7. The molecule has 21 heavy (non-hydrogen) atoms. The van der Waals surface area contributed by atoms with Crippen molar-refractivity contribution in [1.82, 2.24) is 4.98 Å². The molecule has 0 aliphatic carbocycles. The van der Waals surface area contributed by atoms with Crippen LogP contribution in [0.4, 0.5) is 5.69 Å². The number of nitrogens with zero attached hydrogens (tertiary/aromatic N) is 2. The van der Waals surface area contributed by atoms with Crippen LogP contribution in [0.2, 0.25) is 0 Å². The van der Waals surface area contributed by atoms with Crippen LogP contribution >= 0.6 is 0 Å². The van der Waals surface area contributed by atoms with Crippen molar-refractivity contribution in [3.8, 4) is 5.88 Å². The zero-order valence-electron chi connectivity index (χ0n) is 12.2. The van der Waals surface area contributed by atoms with Crippen molar-refractivity contribution < 1.29 is 19.6 Å². The minimum absolute atomic E-state index is 0.0731. The molecule has 1 atom stereocenters. The molecule has 1 unspecified atom stereocenters. The maximum Gasteiger partial charge on any atom is 0.341 e. The molecule has 0 aromatic carbocycles. The number of nitro groups is 1. The molecule has 0 aliphatic rings.